The van der Waals surface area contributed by atoms with Crippen molar-refractivity contribution >= 4 is 27.3 Å². The Balaban J connectivity index is 1.90. The first-order valence-electron chi connectivity index (χ1n) is 9.09. The summed E-state index contributed by atoms with van der Waals surface area (Å²) >= 11 is 0. The van der Waals surface area contributed by atoms with E-state index in [4.69, 9.17) is 0 Å². The first kappa shape index (κ1) is 21.5. The van der Waals surface area contributed by atoms with Gasteiger partial charge < -0.3 is 10.1 Å². The summed E-state index contributed by atoms with van der Waals surface area (Å²) in [5, 5.41) is 10.1. The van der Waals surface area contributed by atoms with Crippen LogP contribution in [0.25, 0.3) is 22.2 Å². The molecular formula is C20H22N4O5S. The van der Waals surface area contributed by atoms with Crippen LogP contribution in [-0.4, -0.2) is 39.4 Å². The normalized spacial score (nSPS) is 12.1. The Morgan fingerprint density at radius 1 is 1.20 bits per heavy atom. The smallest absolute Gasteiger partial charge is 0.422 e. The van der Waals surface area contributed by atoms with Gasteiger partial charge in [0.05, 0.1) is 5.54 Å². The lowest BCUT2D eigenvalue weighted by atomic mass is 10.0. The summed E-state index contributed by atoms with van der Waals surface area (Å²) in [6.07, 6.45) is 0.0258. The second kappa shape index (κ2) is 7.88. The molecular weight excluding hydrogens is 408 g/mol. The molecule has 3 aromatic rings. The number of fused-ring (bicyclic) bond motifs is 1. The summed E-state index contributed by atoms with van der Waals surface area (Å²) < 4.78 is 27.8. The number of nitrogens with zero attached hydrogens (tertiary/aromatic N) is 2. The van der Waals surface area contributed by atoms with Crippen molar-refractivity contribution in [3.05, 3.63) is 64.6 Å². The lowest BCUT2D eigenvalue weighted by Gasteiger charge is -2.31. The summed E-state index contributed by atoms with van der Waals surface area (Å²) in [6, 6.07) is 12.1. The number of aromatic nitrogens is 2. The molecule has 0 fully saturated rings. The number of nitrogens with one attached hydrogen (secondary N) is 2. The van der Waals surface area contributed by atoms with Gasteiger partial charge in [0.2, 0.25) is 5.56 Å². The van der Waals surface area contributed by atoms with Crippen LogP contribution in [0.5, 0.6) is 0 Å². The molecule has 0 aliphatic heterocycles. The van der Waals surface area contributed by atoms with Crippen LogP contribution >= 0.6 is 0 Å². The molecule has 0 unspecified atom stereocenters. The molecule has 0 aliphatic rings. The number of amides is 1. The highest BCUT2D eigenvalue weighted by Crippen LogP contribution is 2.27. The standard InChI is InChI=1S/C20H22N4O5S/c1-20(2,3)24(19(26)27)30(28,29)22-12-13-5-4-6-14(11-13)15-9-10-21-18-16(15)7-8-17(25)23-18/h4-11,22H,12H2,1-3H3,(H,26,27)(H,21,23,25). The number of carboxylic acid groups (broad SMARTS) is 1. The highest BCUT2D eigenvalue weighted by Gasteiger charge is 2.36. The second-order valence-electron chi connectivity index (χ2n) is 7.69. The number of aromatic amines is 1. The van der Waals surface area contributed by atoms with Gasteiger partial charge in [-0.25, -0.2) is 9.78 Å². The van der Waals surface area contributed by atoms with E-state index in [-0.39, 0.29) is 12.1 Å². The lowest BCUT2D eigenvalue weighted by Crippen LogP contribution is -2.53. The van der Waals surface area contributed by atoms with Gasteiger partial charge in [0, 0.05) is 24.2 Å². The van der Waals surface area contributed by atoms with Crippen molar-refractivity contribution in [3.8, 4) is 11.1 Å². The molecule has 2 heterocycles. The fourth-order valence-corrected chi connectivity index (χ4v) is 4.55. The fraction of sp³-hybridized carbons (Fsp3) is 0.250. The van der Waals surface area contributed by atoms with Crippen molar-refractivity contribution in [2.45, 2.75) is 32.9 Å². The predicted molar refractivity (Wildman–Crippen MR) is 113 cm³/mol. The molecule has 9 nitrogen and oxygen atoms in total. The summed E-state index contributed by atoms with van der Waals surface area (Å²) in [5.74, 6) is 0. The molecule has 0 bridgehead atoms. The molecule has 3 rings (SSSR count). The molecule has 0 aliphatic carbocycles. The van der Waals surface area contributed by atoms with Crippen molar-refractivity contribution in [3.63, 3.8) is 0 Å². The minimum Gasteiger partial charge on any atom is -0.464 e. The Morgan fingerprint density at radius 2 is 1.93 bits per heavy atom. The number of hydrogen-bond acceptors (Lipinski definition) is 5. The molecule has 2 aromatic heterocycles. The fourth-order valence-electron chi connectivity index (χ4n) is 3.15. The van der Waals surface area contributed by atoms with Gasteiger partial charge in [0.15, 0.2) is 0 Å². The van der Waals surface area contributed by atoms with Crippen LogP contribution < -0.4 is 10.3 Å². The summed E-state index contributed by atoms with van der Waals surface area (Å²) in [5.41, 5.74) is 1.34. The minimum atomic E-state index is -4.26. The summed E-state index contributed by atoms with van der Waals surface area (Å²) in [6.45, 7) is 4.41. The van der Waals surface area contributed by atoms with Crippen LogP contribution in [0.1, 0.15) is 26.3 Å². The maximum absolute atomic E-state index is 12.5. The number of pyridine rings is 2. The van der Waals surface area contributed by atoms with E-state index in [2.05, 4.69) is 14.7 Å². The van der Waals surface area contributed by atoms with Gasteiger partial charge in [0.25, 0.3) is 0 Å². The number of H-pyrrole nitrogens is 1. The van der Waals surface area contributed by atoms with Gasteiger partial charge in [-0.15, -0.1) is 0 Å². The van der Waals surface area contributed by atoms with E-state index >= 15 is 0 Å². The molecule has 0 atom stereocenters. The Morgan fingerprint density at radius 3 is 2.60 bits per heavy atom. The first-order chi connectivity index (χ1) is 14.0. The quantitative estimate of drug-likeness (QED) is 0.570. The van der Waals surface area contributed by atoms with E-state index in [1.165, 1.54) is 26.8 Å². The third-order valence-electron chi connectivity index (χ3n) is 4.35. The van der Waals surface area contributed by atoms with E-state index in [0.29, 0.717) is 15.5 Å². The largest absolute Gasteiger partial charge is 0.464 e. The lowest BCUT2D eigenvalue weighted by molar-refractivity contribution is 0.145. The van der Waals surface area contributed by atoms with Crippen LogP contribution in [0, 0.1) is 0 Å². The number of hydrogen-bond donors (Lipinski definition) is 3. The van der Waals surface area contributed by atoms with Crippen LogP contribution in [0.15, 0.2) is 53.5 Å². The van der Waals surface area contributed by atoms with Crippen molar-refractivity contribution < 1.29 is 18.3 Å². The van der Waals surface area contributed by atoms with E-state index in [1.807, 2.05) is 6.07 Å². The Labute approximate surface area is 173 Å². The molecule has 30 heavy (non-hydrogen) atoms. The molecule has 0 saturated carbocycles. The molecule has 1 amide bonds. The second-order valence-corrected chi connectivity index (χ2v) is 9.29. The van der Waals surface area contributed by atoms with Gasteiger partial charge in [0.1, 0.15) is 5.65 Å². The van der Waals surface area contributed by atoms with Crippen molar-refractivity contribution in [2.75, 3.05) is 0 Å². The van der Waals surface area contributed by atoms with Crippen molar-refractivity contribution in [1.82, 2.24) is 19.0 Å². The Kier molecular flexibility index (Phi) is 5.64. The first-order valence-corrected chi connectivity index (χ1v) is 10.5. The Bertz CT molecular complexity index is 1260. The Hall–Kier alpha value is -3.24. The van der Waals surface area contributed by atoms with Gasteiger partial charge in [-0.1, -0.05) is 18.2 Å². The van der Waals surface area contributed by atoms with E-state index in [9.17, 15) is 23.1 Å². The average Bonchev–Trinajstić information content (AvgIpc) is 2.64. The van der Waals surface area contributed by atoms with Gasteiger partial charge in [-0.3, -0.25) is 4.79 Å². The highest BCUT2D eigenvalue weighted by molar-refractivity contribution is 7.87. The summed E-state index contributed by atoms with van der Waals surface area (Å²) in [7, 11) is -4.26. The maximum Gasteiger partial charge on any atom is 0.422 e. The van der Waals surface area contributed by atoms with E-state index < -0.39 is 21.8 Å². The SMILES string of the molecule is CC(C)(C)N(C(=O)O)S(=O)(=O)NCc1cccc(-c2ccnc3[nH]c(=O)ccc23)c1. The third kappa shape index (κ3) is 4.50. The van der Waals surface area contributed by atoms with E-state index in [1.54, 1.807) is 36.5 Å². The zero-order chi connectivity index (χ0) is 22.1. The van der Waals surface area contributed by atoms with Crippen LogP contribution in [-0.2, 0) is 16.8 Å². The van der Waals surface area contributed by atoms with Crippen LogP contribution in [0.3, 0.4) is 0 Å². The molecule has 0 radical (unpaired) electrons. The van der Waals surface area contributed by atoms with Crippen molar-refractivity contribution in [1.29, 1.82) is 0 Å². The predicted octanol–water partition coefficient (Wildman–Crippen LogP) is 2.70. The van der Waals surface area contributed by atoms with Gasteiger partial charge in [-0.2, -0.15) is 17.4 Å². The monoisotopic (exact) mass is 430 g/mol. The van der Waals surface area contributed by atoms with Crippen LogP contribution in [0.4, 0.5) is 4.79 Å². The maximum atomic E-state index is 12.5. The highest BCUT2D eigenvalue weighted by atomic mass is 32.2. The van der Waals surface area contributed by atoms with Crippen molar-refractivity contribution in [2.24, 2.45) is 0 Å². The number of benzene rings is 1. The molecule has 0 spiro atoms. The number of rotatable bonds is 5. The zero-order valence-corrected chi connectivity index (χ0v) is 17.5. The molecule has 158 valence electrons. The zero-order valence-electron chi connectivity index (χ0n) is 16.7. The molecule has 1 aromatic carbocycles. The third-order valence-corrected chi connectivity index (χ3v) is 6.05. The van der Waals surface area contributed by atoms with Crippen LogP contribution in [0.2, 0.25) is 0 Å². The summed E-state index contributed by atoms with van der Waals surface area (Å²) in [4.78, 5) is 29.8. The molecule has 3 N–H and O–H groups in total. The number of carbonyl (C=O) groups is 1. The molecule has 10 heteroatoms. The topological polar surface area (TPSA) is 132 Å². The van der Waals surface area contributed by atoms with E-state index in [0.717, 1.165) is 16.5 Å². The van der Waals surface area contributed by atoms with Gasteiger partial charge >= 0.3 is 16.3 Å². The average molecular weight is 430 g/mol. The minimum absolute atomic E-state index is 0.0874. The van der Waals surface area contributed by atoms with Gasteiger partial charge in [-0.05, 0) is 55.7 Å². The molecule has 0 saturated heterocycles.